The summed E-state index contributed by atoms with van der Waals surface area (Å²) in [5, 5.41) is -0.323. The molecule has 0 atom stereocenters. The van der Waals surface area contributed by atoms with Crippen molar-refractivity contribution in [2.24, 2.45) is 0 Å². The normalized spacial score (nSPS) is 16.4. The Hall–Kier alpha value is -1.80. The SMILES string of the molecule is COc1cc(/C=C2\SC(=O)N(C)C2=O)c(Br)cc1OC(C)=O. The van der Waals surface area contributed by atoms with Crippen LogP contribution in [0.5, 0.6) is 11.5 Å². The monoisotopic (exact) mass is 385 g/mol. The summed E-state index contributed by atoms with van der Waals surface area (Å²) in [4.78, 5) is 35.8. The summed E-state index contributed by atoms with van der Waals surface area (Å²) in [6, 6.07) is 3.19. The van der Waals surface area contributed by atoms with Gasteiger partial charge in [-0.15, -0.1) is 0 Å². The molecule has 0 aliphatic carbocycles. The standard InChI is InChI=1S/C14H12BrNO5S/c1-7(17)21-11-6-9(15)8(4-10(11)20-3)5-12-13(18)16(2)14(19)22-12/h4-6H,1-3H3/b12-5-. The van der Waals surface area contributed by atoms with Crippen molar-refractivity contribution in [3.8, 4) is 11.5 Å². The molecular weight excluding hydrogens is 374 g/mol. The topological polar surface area (TPSA) is 72.9 Å². The van der Waals surface area contributed by atoms with E-state index >= 15 is 0 Å². The van der Waals surface area contributed by atoms with Gasteiger partial charge in [0, 0.05) is 18.4 Å². The van der Waals surface area contributed by atoms with Crippen molar-refractivity contribution in [3.63, 3.8) is 0 Å². The molecule has 8 heteroatoms. The molecule has 1 aromatic carbocycles. The second kappa shape index (κ2) is 6.53. The van der Waals surface area contributed by atoms with E-state index in [1.54, 1.807) is 18.2 Å². The van der Waals surface area contributed by atoms with Crippen molar-refractivity contribution < 1.29 is 23.9 Å². The van der Waals surface area contributed by atoms with Crippen LogP contribution in [0.2, 0.25) is 0 Å². The van der Waals surface area contributed by atoms with E-state index in [2.05, 4.69) is 15.9 Å². The highest BCUT2D eigenvalue weighted by atomic mass is 79.9. The Morgan fingerprint density at radius 3 is 2.50 bits per heavy atom. The van der Waals surface area contributed by atoms with E-state index in [0.717, 1.165) is 16.7 Å². The fourth-order valence-electron chi connectivity index (χ4n) is 1.74. The van der Waals surface area contributed by atoms with Gasteiger partial charge in [-0.05, 0) is 35.5 Å². The maximum absolute atomic E-state index is 11.9. The molecule has 116 valence electrons. The van der Waals surface area contributed by atoms with Gasteiger partial charge in [0.05, 0.1) is 12.0 Å². The van der Waals surface area contributed by atoms with Crippen LogP contribution < -0.4 is 9.47 Å². The van der Waals surface area contributed by atoms with E-state index in [1.165, 1.54) is 21.1 Å². The third-order valence-corrected chi connectivity index (χ3v) is 4.46. The minimum atomic E-state index is -0.468. The van der Waals surface area contributed by atoms with E-state index in [0.29, 0.717) is 20.7 Å². The van der Waals surface area contributed by atoms with Gasteiger partial charge in [0.25, 0.3) is 11.1 Å². The van der Waals surface area contributed by atoms with Gasteiger partial charge in [-0.3, -0.25) is 19.3 Å². The van der Waals surface area contributed by atoms with Crippen LogP contribution in [0.15, 0.2) is 21.5 Å². The maximum Gasteiger partial charge on any atom is 0.308 e. The average Bonchev–Trinajstić information content (AvgIpc) is 2.68. The fraction of sp³-hybridized carbons (Fsp3) is 0.214. The molecule has 1 saturated heterocycles. The van der Waals surface area contributed by atoms with Gasteiger partial charge in [0.15, 0.2) is 11.5 Å². The molecule has 1 aliphatic rings. The molecule has 0 saturated carbocycles. The van der Waals surface area contributed by atoms with Crippen molar-refractivity contribution in [1.29, 1.82) is 0 Å². The third-order valence-electron chi connectivity index (χ3n) is 2.81. The average molecular weight is 386 g/mol. The second-order valence-electron chi connectivity index (χ2n) is 4.36. The number of nitrogens with zero attached hydrogens (tertiary/aromatic N) is 1. The highest BCUT2D eigenvalue weighted by Crippen LogP contribution is 2.37. The first-order valence-corrected chi connectivity index (χ1v) is 7.72. The zero-order valence-electron chi connectivity index (χ0n) is 12.0. The number of benzene rings is 1. The van der Waals surface area contributed by atoms with Crippen molar-refractivity contribution in [3.05, 3.63) is 27.1 Å². The Labute approximate surface area is 139 Å². The zero-order chi connectivity index (χ0) is 16.4. The Bertz CT molecular complexity index is 701. The van der Waals surface area contributed by atoms with E-state index in [1.807, 2.05) is 0 Å². The molecule has 6 nitrogen and oxygen atoms in total. The highest BCUT2D eigenvalue weighted by molar-refractivity contribution is 9.10. The first-order chi connectivity index (χ1) is 10.3. The molecule has 0 spiro atoms. The van der Waals surface area contributed by atoms with Crippen LogP contribution in [-0.2, 0) is 9.59 Å². The van der Waals surface area contributed by atoms with Crippen LogP contribution in [0, 0.1) is 0 Å². The number of imide groups is 1. The molecule has 0 aromatic heterocycles. The molecule has 1 aliphatic heterocycles. The molecule has 1 heterocycles. The molecule has 2 amide bonds. The van der Waals surface area contributed by atoms with Crippen LogP contribution in [0.1, 0.15) is 12.5 Å². The summed E-state index contributed by atoms with van der Waals surface area (Å²) in [6.45, 7) is 1.29. The van der Waals surface area contributed by atoms with Crippen LogP contribution in [0.25, 0.3) is 6.08 Å². The number of likely N-dealkylation sites (N-methyl/N-ethyl adjacent to an activating group) is 1. The molecule has 0 N–H and O–H groups in total. The number of thioether (sulfide) groups is 1. The molecule has 1 fully saturated rings. The van der Waals surface area contributed by atoms with Crippen LogP contribution in [0.4, 0.5) is 4.79 Å². The quantitative estimate of drug-likeness (QED) is 0.452. The number of halogens is 1. The number of hydrogen-bond acceptors (Lipinski definition) is 6. The van der Waals surface area contributed by atoms with Crippen LogP contribution in [0.3, 0.4) is 0 Å². The lowest BCUT2D eigenvalue weighted by Crippen LogP contribution is -2.22. The van der Waals surface area contributed by atoms with E-state index in [9.17, 15) is 14.4 Å². The van der Waals surface area contributed by atoms with E-state index < -0.39 is 5.97 Å². The van der Waals surface area contributed by atoms with Crippen LogP contribution in [-0.4, -0.2) is 36.2 Å². The third kappa shape index (κ3) is 3.33. The minimum Gasteiger partial charge on any atom is -0.493 e. The number of amides is 2. The largest absolute Gasteiger partial charge is 0.493 e. The summed E-state index contributed by atoms with van der Waals surface area (Å²) in [5.74, 6) is -0.210. The summed E-state index contributed by atoms with van der Waals surface area (Å²) in [6.07, 6.45) is 1.58. The first kappa shape index (κ1) is 16.6. The molecule has 0 bridgehead atoms. The second-order valence-corrected chi connectivity index (χ2v) is 6.21. The zero-order valence-corrected chi connectivity index (χ0v) is 14.4. The number of carbonyl (C=O) groups excluding carboxylic acids is 3. The van der Waals surface area contributed by atoms with Crippen LogP contribution >= 0.6 is 27.7 Å². The Morgan fingerprint density at radius 1 is 1.32 bits per heavy atom. The molecule has 2 rings (SSSR count). The molecule has 0 radical (unpaired) electrons. The Balaban J connectivity index is 2.43. The van der Waals surface area contributed by atoms with Crippen molar-refractivity contribution in [2.45, 2.75) is 6.92 Å². The lowest BCUT2D eigenvalue weighted by molar-refractivity contribution is -0.132. The van der Waals surface area contributed by atoms with Gasteiger partial charge in [-0.2, -0.15) is 0 Å². The summed E-state index contributed by atoms with van der Waals surface area (Å²) < 4.78 is 10.8. The number of methoxy groups -OCH3 is 1. The number of rotatable bonds is 3. The highest BCUT2D eigenvalue weighted by Gasteiger charge is 2.32. The number of ether oxygens (including phenoxy) is 2. The minimum absolute atomic E-state index is 0.266. The van der Waals surface area contributed by atoms with Gasteiger partial charge in [-0.1, -0.05) is 15.9 Å². The Morgan fingerprint density at radius 2 is 2.00 bits per heavy atom. The predicted molar refractivity (Wildman–Crippen MR) is 85.7 cm³/mol. The van der Waals surface area contributed by atoms with Crippen molar-refractivity contribution >= 4 is 50.9 Å². The number of esters is 1. The summed E-state index contributed by atoms with van der Waals surface area (Å²) >= 11 is 4.21. The lowest BCUT2D eigenvalue weighted by Gasteiger charge is -2.10. The molecule has 22 heavy (non-hydrogen) atoms. The van der Waals surface area contributed by atoms with Gasteiger partial charge >= 0.3 is 5.97 Å². The lowest BCUT2D eigenvalue weighted by atomic mass is 10.2. The fourth-order valence-corrected chi connectivity index (χ4v) is 3.00. The first-order valence-electron chi connectivity index (χ1n) is 6.11. The van der Waals surface area contributed by atoms with E-state index in [-0.39, 0.29) is 16.9 Å². The summed E-state index contributed by atoms with van der Waals surface area (Å²) in [5.41, 5.74) is 0.631. The molecule has 1 aromatic rings. The van der Waals surface area contributed by atoms with Gasteiger partial charge < -0.3 is 9.47 Å². The predicted octanol–water partition coefficient (Wildman–Crippen LogP) is 3.05. The van der Waals surface area contributed by atoms with Crippen molar-refractivity contribution in [2.75, 3.05) is 14.2 Å². The van der Waals surface area contributed by atoms with Crippen molar-refractivity contribution in [1.82, 2.24) is 4.90 Å². The number of hydrogen-bond donors (Lipinski definition) is 0. The Kier molecular flexibility index (Phi) is 4.92. The molecular formula is C14H12BrNO5S. The van der Waals surface area contributed by atoms with Gasteiger partial charge in [0.2, 0.25) is 0 Å². The van der Waals surface area contributed by atoms with E-state index in [4.69, 9.17) is 9.47 Å². The van der Waals surface area contributed by atoms with Gasteiger partial charge in [0.1, 0.15) is 0 Å². The summed E-state index contributed by atoms with van der Waals surface area (Å²) in [7, 11) is 2.87. The van der Waals surface area contributed by atoms with Gasteiger partial charge in [-0.25, -0.2) is 0 Å². The number of carbonyl (C=O) groups is 3. The molecule has 0 unspecified atom stereocenters. The maximum atomic E-state index is 11.9. The smallest absolute Gasteiger partial charge is 0.308 e.